The Kier molecular flexibility index (Phi) is 1.95. The van der Waals surface area contributed by atoms with E-state index in [-0.39, 0.29) is 0 Å². The van der Waals surface area contributed by atoms with Crippen LogP contribution >= 0.6 is 0 Å². The van der Waals surface area contributed by atoms with Gasteiger partial charge in [0.1, 0.15) is 5.75 Å². The van der Waals surface area contributed by atoms with E-state index < -0.39 is 0 Å². The van der Waals surface area contributed by atoms with Crippen LogP contribution in [0.5, 0.6) is 5.75 Å². The average molecular weight is 191 g/mol. The number of nitrogens with two attached hydrogens (primary N) is 1. The third-order valence-corrected chi connectivity index (χ3v) is 3.18. The first-order chi connectivity index (χ1) is 6.56. The summed E-state index contributed by atoms with van der Waals surface area (Å²) in [5.41, 5.74) is 8.43. The molecule has 2 heteroatoms. The van der Waals surface area contributed by atoms with E-state index in [1.54, 1.807) is 7.11 Å². The Labute approximate surface area is 85.1 Å². The lowest BCUT2D eigenvalue weighted by atomic mass is 10.0. The van der Waals surface area contributed by atoms with Gasteiger partial charge in [-0.3, -0.25) is 0 Å². The number of anilines is 1. The van der Waals surface area contributed by atoms with Crippen LogP contribution in [0.3, 0.4) is 0 Å². The minimum atomic E-state index is 0.392. The van der Waals surface area contributed by atoms with Gasteiger partial charge >= 0.3 is 0 Å². The molecule has 0 aliphatic heterocycles. The molecule has 1 aromatic rings. The number of nitrogen functional groups attached to an aromatic ring is 1. The van der Waals surface area contributed by atoms with Crippen molar-refractivity contribution in [1.29, 1.82) is 0 Å². The van der Waals surface area contributed by atoms with Crippen LogP contribution < -0.4 is 10.5 Å². The van der Waals surface area contributed by atoms with Gasteiger partial charge in [0, 0.05) is 11.3 Å². The van der Waals surface area contributed by atoms with Crippen molar-refractivity contribution in [2.45, 2.75) is 26.2 Å². The largest absolute Gasteiger partial charge is 0.496 e. The Morgan fingerprint density at radius 3 is 2.57 bits per heavy atom. The van der Waals surface area contributed by atoms with E-state index >= 15 is 0 Å². The molecule has 0 amide bonds. The summed E-state index contributed by atoms with van der Waals surface area (Å²) in [5, 5.41) is 0. The van der Waals surface area contributed by atoms with E-state index in [1.165, 1.54) is 12.0 Å². The van der Waals surface area contributed by atoms with Gasteiger partial charge in [0.05, 0.1) is 7.11 Å². The minimum Gasteiger partial charge on any atom is -0.496 e. The molecule has 1 atom stereocenters. The molecule has 14 heavy (non-hydrogen) atoms. The topological polar surface area (TPSA) is 35.2 Å². The van der Waals surface area contributed by atoms with Crippen molar-refractivity contribution < 1.29 is 4.74 Å². The Hall–Kier alpha value is -1.18. The summed E-state index contributed by atoms with van der Waals surface area (Å²) in [6.45, 7) is 4.53. The Morgan fingerprint density at radius 2 is 2.07 bits per heavy atom. The van der Waals surface area contributed by atoms with Crippen LogP contribution in [0.2, 0.25) is 0 Å². The normalized spacial score (nSPS) is 23.2. The maximum absolute atomic E-state index is 5.98. The van der Waals surface area contributed by atoms with Gasteiger partial charge in [0.15, 0.2) is 0 Å². The second-order valence-electron chi connectivity index (χ2n) is 4.71. The summed E-state index contributed by atoms with van der Waals surface area (Å²) in [5.74, 6) is 1.50. The van der Waals surface area contributed by atoms with E-state index in [9.17, 15) is 0 Å². The van der Waals surface area contributed by atoms with Gasteiger partial charge in [-0.1, -0.05) is 19.9 Å². The van der Waals surface area contributed by atoms with Crippen molar-refractivity contribution in [3.8, 4) is 5.75 Å². The second-order valence-corrected chi connectivity index (χ2v) is 4.71. The van der Waals surface area contributed by atoms with E-state index in [4.69, 9.17) is 10.5 Å². The third kappa shape index (κ3) is 1.35. The molecule has 0 spiro atoms. The first-order valence-corrected chi connectivity index (χ1v) is 4.98. The molecule has 0 heterocycles. The minimum absolute atomic E-state index is 0.392. The number of hydrogen-bond donors (Lipinski definition) is 1. The molecule has 0 aromatic heterocycles. The van der Waals surface area contributed by atoms with Gasteiger partial charge in [-0.2, -0.15) is 0 Å². The molecule has 76 valence electrons. The zero-order valence-corrected chi connectivity index (χ0v) is 9.00. The summed E-state index contributed by atoms with van der Waals surface area (Å²) in [7, 11) is 1.70. The van der Waals surface area contributed by atoms with Crippen molar-refractivity contribution in [3.63, 3.8) is 0 Å². The highest BCUT2D eigenvalue weighted by molar-refractivity contribution is 5.58. The summed E-state index contributed by atoms with van der Waals surface area (Å²) < 4.78 is 5.34. The number of hydrogen-bond acceptors (Lipinski definition) is 2. The lowest BCUT2D eigenvalue weighted by Crippen LogP contribution is -1.99. The lowest BCUT2D eigenvalue weighted by Gasteiger charge is -2.12. The van der Waals surface area contributed by atoms with Crippen molar-refractivity contribution >= 4 is 5.69 Å². The van der Waals surface area contributed by atoms with Crippen LogP contribution in [-0.2, 0) is 0 Å². The maximum Gasteiger partial charge on any atom is 0.124 e. The third-order valence-electron chi connectivity index (χ3n) is 3.18. The van der Waals surface area contributed by atoms with E-state index in [0.717, 1.165) is 11.4 Å². The molecule has 1 unspecified atom stereocenters. The van der Waals surface area contributed by atoms with E-state index in [2.05, 4.69) is 13.8 Å². The molecule has 2 rings (SSSR count). The molecule has 2 nitrogen and oxygen atoms in total. The Bertz CT molecular complexity index is 357. The highest BCUT2D eigenvalue weighted by Gasteiger charge is 2.48. The number of ether oxygens (including phenoxy) is 1. The van der Waals surface area contributed by atoms with Crippen molar-refractivity contribution in [2.75, 3.05) is 12.8 Å². The van der Waals surface area contributed by atoms with Crippen molar-refractivity contribution in [3.05, 3.63) is 23.8 Å². The SMILES string of the molecule is COc1cccc(N)c1C1CC1(C)C. The highest BCUT2D eigenvalue weighted by atomic mass is 16.5. The monoisotopic (exact) mass is 191 g/mol. The van der Waals surface area contributed by atoms with Gasteiger partial charge in [-0.05, 0) is 29.9 Å². The van der Waals surface area contributed by atoms with Crippen molar-refractivity contribution in [1.82, 2.24) is 0 Å². The summed E-state index contributed by atoms with van der Waals surface area (Å²) >= 11 is 0. The molecule has 1 saturated carbocycles. The molecule has 1 aliphatic carbocycles. The summed E-state index contributed by atoms with van der Waals surface area (Å²) in [6, 6.07) is 5.87. The maximum atomic E-state index is 5.98. The molecule has 1 aromatic carbocycles. The number of rotatable bonds is 2. The fourth-order valence-electron chi connectivity index (χ4n) is 2.07. The molecular formula is C12H17NO. The Morgan fingerprint density at radius 1 is 1.43 bits per heavy atom. The standard InChI is InChI=1S/C12H17NO/c1-12(2)7-8(12)11-9(13)5-4-6-10(11)14-3/h4-6,8H,7,13H2,1-3H3. The van der Waals surface area contributed by atoms with Crippen LogP contribution in [0.25, 0.3) is 0 Å². The predicted molar refractivity (Wildman–Crippen MR) is 58.5 cm³/mol. The van der Waals surface area contributed by atoms with Gasteiger partial charge in [0.25, 0.3) is 0 Å². The highest BCUT2D eigenvalue weighted by Crippen LogP contribution is 2.61. The predicted octanol–water partition coefficient (Wildman–Crippen LogP) is 2.79. The Balaban J connectivity index is 2.42. The van der Waals surface area contributed by atoms with Crippen molar-refractivity contribution in [2.24, 2.45) is 5.41 Å². The first-order valence-electron chi connectivity index (χ1n) is 4.98. The molecule has 0 saturated heterocycles. The fraction of sp³-hybridized carbons (Fsp3) is 0.500. The summed E-state index contributed by atoms with van der Waals surface area (Å²) in [4.78, 5) is 0. The second kappa shape index (κ2) is 2.91. The number of methoxy groups -OCH3 is 1. The van der Waals surface area contributed by atoms with E-state index in [0.29, 0.717) is 11.3 Å². The van der Waals surface area contributed by atoms with Gasteiger partial charge in [-0.15, -0.1) is 0 Å². The molecule has 1 aliphatic rings. The van der Waals surface area contributed by atoms with Crippen LogP contribution in [-0.4, -0.2) is 7.11 Å². The molecular weight excluding hydrogens is 174 g/mol. The molecule has 2 N–H and O–H groups in total. The first kappa shape index (κ1) is 9.38. The fourth-order valence-corrected chi connectivity index (χ4v) is 2.07. The smallest absolute Gasteiger partial charge is 0.124 e. The number of benzene rings is 1. The van der Waals surface area contributed by atoms with Gasteiger partial charge in [-0.25, -0.2) is 0 Å². The van der Waals surface area contributed by atoms with Gasteiger partial charge in [0.2, 0.25) is 0 Å². The molecule has 0 bridgehead atoms. The quantitative estimate of drug-likeness (QED) is 0.729. The van der Waals surface area contributed by atoms with Crippen LogP contribution in [0.15, 0.2) is 18.2 Å². The van der Waals surface area contributed by atoms with E-state index in [1.807, 2.05) is 18.2 Å². The molecule has 0 radical (unpaired) electrons. The van der Waals surface area contributed by atoms with Crippen LogP contribution in [0.4, 0.5) is 5.69 Å². The lowest BCUT2D eigenvalue weighted by molar-refractivity contribution is 0.408. The zero-order chi connectivity index (χ0) is 10.3. The average Bonchev–Trinajstić information content (AvgIpc) is 2.74. The molecule has 1 fully saturated rings. The summed E-state index contributed by atoms with van der Waals surface area (Å²) in [6.07, 6.45) is 1.21. The van der Waals surface area contributed by atoms with Crippen LogP contribution in [0, 0.1) is 5.41 Å². The zero-order valence-electron chi connectivity index (χ0n) is 9.00. The van der Waals surface area contributed by atoms with Crippen LogP contribution in [0.1, 0.15) is 31.7 Å². The van der Waals surface area contributed by atoms with Gasteiger partial charge < -0.3 is 10.5 Å².